The highest BCUT2D eigenvalue weighted by molar-refractivity contribution is 7.91. The molecule has 1 fully saturated rings. The van der Waals surface area contributed by atoms with Gasteiger partial charge < -0.3 is 10.6 Å². The van der Waals surface area contributed by atoms with Gasteiger partial charge in [0.15, 0.2) is 0 Å². The van der Waals surface area contributed by atoms with Gasteiger partial charge in [0.2, 0.25) is 0 Å². The summed E-state index contributed by atoms with van der Waals surface area (Å²) in [4.78, 5) is 13.0. The quantitative estimate of drug-likeness (QED) is 0.395. The smallest absolute Gasteiger partial charge is 0.382 e. The highest BCUT2D eigenvalue weighted by Gasteiger charge is 2.35. The van der Waals surface area contributed by atoms with E-state index < -0.39 is 21.8 Å². The first-order chi connectivity index (χ1) is 17.0. The molecule has 1 aliphatic heterocycles. The summed E-state index contributed by atoms with van der Waals surface area (Å²) in [6.45, 7) is 0.551. The summed E-state index contributed by atoms with van der Waals surface area (Å²) in [6, 6.07) is 14.6. The van der Waals surface area contributed by atoms with Gasteiger partial charge in [-0.1, -0.05) is 23.7 Å². The van der Waals surface area contributed by atoms with Crippen LogP contribution in [0.25, 0.3) is 0 Å². The minimum Gasteiger partial charge on any atom is -0.382 e. The lowest BCUT2D eigenvalue weighted by atomic mass is 10.0. The van der Waals surface area contributed by atoms with Crippen molar-refractivity contribution in [1.29, 1.82) is 0 Å². The van der Waals surface area contributed by atoms with E-state index in [-0.39, 0.29) is 41.5 Å². The van der Waals surface area contributed by atoms with Crippen LogP contribution in [0.4, 0.5) is 18.9 Å². The lowest BCUT2D eigenvalue weighted by molar-refractivity contribution is -0.137. The maximum atomic E-state index is 13.3. The van der Waals surface area contributed by atoms with Crippen LogP contribution in [0, 0.1) is 0 Å². The van der Waals surface area contributed by atoms with Gasteiger partial charge in [0.05, 0.1) is 12.1 Å². The predicted molar refractivity (Wildman–Crippen MR) is 134 cm³/mol. The molecule has 0 unspecified atom stereocenters. The highest BCUT2D eigenvalue weighted by Crippen LogP contribution is 2.35. The second-order valence-electron chi connectivity index (χ2n) is 8.28. The Labute approximate surface area is 216 Å². The molecule has 12 heteroatoms. The Balaban J connectivity index is 1.33. The second kappa shape index (κ2) is 10.8. The van der Waals surface area contributed by atoms with Crippen LogP contribution in [0.5, 0.6) is 0 Å². The van der Waals surface area contributed by atoms with Crippen LogP contribution in [0.1, 0.15) is 33.6 Å². The molecule has 1 aliphatic rings. The molecule has 0 radical (unpaired) electrons. The third-order valence-electron chi connectivity index (χ3n) is 5.81. The molecule has 192 valence electrons. The maximum Gasteiger partial charge on any atom is 0.418 e. The summed E-state index contributed by atoms with van der Waals surface area (Å²) < 4.78 is 67.5. The molecule has 4 rings (SSSR count). The van der Waals surface area contributed by atoms with E-state index >= 15 is 0 Å². The standard InChI is InChI=1S/C24H23ClF3N3O3S2/c25-17-7-5-16(6-8-17)23(32)29-15-19-9-10-22(35-19)36(33,34)31-13-11-18(12-14-31)30-21-4-2-1-3-20(21)24(26,27)28/h1-10,18,30H,11-15H2,(H,29,32). The Morgan fingerprint density at radius 2 is 1.69 bits per heavy atom. The molecular formula is C24H23ClF3N3O3S2. The molecule has 2 N–H and O–H groups in total. The fourth-order valence-corrected chi connectivity index (χ4v) is 6.95. The highest BCUT2D eigenvalue weighted by atomic mass is 35.5. The topological polar surface area (TPSA) is 78.5 Å². The van der Waals surface area contributed by atoms with E-state index in [2.05, 4.69) is 10.6 Å². The zero-order valence-corrected chi connectivity index (χ0v) is 21.3. The summed E-state index contributed by atoms with van der Waals surface area (Å²) in [5.74, 6) is -0.300. The van der Waals surface area contributed by atoms with Gasteiger partial charge in [0.25, 0.3) is 15.9 Å². The molecule has 2 aromatic carbocycles. The Morgan fingerprint density at radius 3 is 2.36 bits per heavy atom. The maximum absolute atomic E-state index is 13.3. The van der Waals surface area contributed by atoms with Gasteiger partial charge >= 0.3 is 6.18 Å². The van der Waals surface area contributed by atoms with E-state index in [9.17, 15) is 26.4 Å². The lowest BCUT2D eigenvalue weighted by Crippen LogP contribution is -2.42. The molecular weight excluding hydrogens is 535 g/mol. The van der Waals surface area contributed by atoms with E-state index in [0.29, 0.717) is 28.3 Å². The van der Waals surface area contributed by atoms with Crippen molar-refractivity contribution >= 4 is 44.6 Å². The summed E-state index contributed by atoms with van der Waals surface area (Å²) in [5.41, 5.74) is -0.303. The zero-order valence-electron chi connectivity index (χ0n) is 18.9. The molecule has 0 aliphatic carbocycles. The number of nitrogens with one attached hydrogen (secondary N) is 2. The van der Waals surface area contributed by atoms with Crippen LogP contribution in [0.15, 0.2) is 64.9 Å². The fourth-order valence-electron chi connectivity index (χ4n) is 3.91. The monoisotopic (exact) mass is 557 g/mol. The number of piperidine rings is 1. The molecule has 1 amide bonds. The van der Waals surface area contributed by atoms with E-state index in [0.717, 1.165) is 17.4 Å². The number of halogens is 4. The van der Waals surface area contributed by atoms with E-state index in [4.69, 9.17) is 11.6 Å². The van der Waals surface area contributed by atoms with E-state index in [1.54, 1.807) is 30.3 Å². The van der Waals surface area contributed by atoms with Gasteiger partial charge in [-0.25, -0.2) is 8.42 Å². The Kier molecular flexibility index (Phi) is 7.93. The number of carbonyl (C=O) groups excluding carboxylic acids is 1. The molecule has 36 heavy (non-hydrogen) atoms. The third-order valence-corrected chi connectivity index (χ3v) is 9.51. The number of nitrogens with zero attached hydrogens (tertiary/aromatic N) is 1. The number of alkyl halides is 3. The predicted octanol–water partition coefficient (Wildman–Crippen LogP) is 5.62. The zero-order chi connectivity index (χ0) is 25.9. The minimum absolute atomic E-state index is 0.00477. The molecule has 0 spiro atoms. The molecule has 6 nitrogen and oxygen atoms in total. The SMILES string of the molecule is O=C(NCc1ccc(S(=O)(=O)N2CCC(Nc3ccccc3C(F)(F)F)CC2)s1)c1ccc(Cl)cc1. The molecule has 0 saturated carbocycles. The van der Waals surface area contributed by atoms with Crippen LogP contribution in [-0.2, 0) is 22.7 Å². The normalized spacial score (nSPS) is 15.6. The van der Waals surface area contributed by atoms with Crippen molar-refractivity contribution in [2.75, 3.05) is 18.4 Å². The van der Waals surface area contributed by atoms with Gasteiger partial charge in [0.1, 0.15) is 4.21 Å². The Hall–Kier alpha value is -2.60. The van der Waals surface area contributed by atoms with Crippen molar-refractivity contribution in [3.8, 4) is 0 Å². The first kappa shape index (κ1) is 26.5. The van der Waals surface area contributed by atoms with Gasteiger partial charge in [-0.15, -0.1) is 11.3 Å². The van der Waals surface area contributed by atoms with Gasteiger partial charge in [-0.3, -0.25) is 4.79 Å². The number of rotatable bonds is 7. The lowest BCUT2D eigenvalue weighted by Gasteiger charge is -2.32. The van der Waals surface area contributed by atoms with Gasteiger partial charge in [0, 0.05) is 40.3 Å². The van der Waals surface area contributed by atoms with Crippen molar-refractivity contribution in [1.82, 2.24) is 9.62 Å². The number of hydrogen-bond acceptors (Lipinski definition) is 5. The number of benzene rings is 2. The molecule has 0 bridgehead atoms. The van der Waals surface area contributed by atoms with E-state index in [1.165, 1.54) is 28.6 Å². The number of amides is 1. The van der Waals surface area contributed by atoms with Crippen molar-refractivity contribution < 1.29 is 26.4 Å². The summed E-state index contributed by atoms with van der Waals surface area (Å²) in [5, 5.41) is 6.20. The minimum atomic E-state index is -4.47. The molecule has 3 aromatic rings. The summed E-state index contributed by atoms with van der Waals surface area (Å²) in [7, 11) is -3.75. The van der Waals surface area contributed by atoms with Crippen LogP contribution in [0.3, 0.4) is 0 Å². The van der Waals surface area contributed by atoms with E-state index in [1.807, 2.05) is 0 Å². The van der Waals surface area contributed by atoms with Crippen molar-refractivity contribution in [2.45, 2.75) is 35.8 Å². The van der Waals surface area contributed by atoms with Crippen LogP contribution in [0.2, 0.25) is 5.02 Å². The van der Waals surface area contributed by atoms with Crippen LogP contribution in [-0.4, -0.2) is 37.8 Å². The number of hydrogen-bond donors (Lipinski definition) is 2. The number of thiophene rings is 1. The van der Waals surface area contributed by atoms with Crippen LogP contribution < -0.4 is 10.6 Å². The van der Waals surface area contributed by atoms with Crippen molar-refractivity contribution in [3.63, 3.8) is 0 Å². The average molecular weight is 558 g/mol. The first-order valence-corrected chi connectivity index (χ1v) is 13.7. The molecule has 0 atom stereocenters. The summed E-state index contributed by atoms with van der Waals surface area (Å²) >= 11 is 6.91. The Morgan fingerprint density at radius 1 is 1.03 bits per heavy atom. The number of anilines is 1. The average Bonchev–Trinajstić information content (AvgIpc) is 3.33. The van der Waals surface area contributed by atoms with Gasteiger partial charge in [-0.2, -0.15) is 17.5 Å². The number of sulfonamides is 1. The second-order valence-corrected chi connectivity index (χ2v) is 12.0. The fraction of sp³-hybridized carbons (Fsp3) is 0.292. The largest absolute Gasteiger partial charge is 0.418 e. The molecule has 2 heterocycles. The first-order valence-electron chi connectivity index (χ1n) is 11.1. The summed E-state index contributed by atoms with van der Waals surface area (Å²) in [6.07, 6.45) is -3.72. The number of carbonyl (C=O) groups is 1. The van der Waals surface area contributed by atoms with Crippen molar-refractivity contribution in [2.24, 2.45) is 0 Å². The molecule has 1 aromatic heterocycles. The molecule has 1 saturated heterocycles. The van der Waals surface area contributed by atoms with Gasteiger partial charge in [-0.05, 0) is 61.4 Å². The van der Waals surface area contributed by atoms with Crippen molar-refractivity contribution in [3.05, 3.63) is 81.7 Å². The number of para-hydroxylation sites is 1. The Bertz CT molecular complexity index is 1320. The third kappa shape index (κ3) is 6.20. The van der Waals surface area contributed by atoms with Crippen LogP contribution >= 0.6 is 22.9 Å².